The first-order valence-electron chi connectivity index (χ1n) is 8.56. The van der Waals surface area contributed by atoms with Gasteiger partial charge in [0, 0.05) is 6.54 Å². The van der Waals surface area contributed by atoms with Crippen molar-refractivity contribution in [2.24, 2.45) is 0 Å². The van der Waals surface area contributed by atoms with Gasteiger partial charge in [-0.15, -0.1) is 11.3 Å². The Morgan fingerprint density at radius 2 is 2.15 bits per heavy atom. The first-order valence-corrected chi connectivity index (χ1v) is 10.3. The molecule has 3 heterocycles. The highest BCUT2D eigenvalue weighted by Gasteiger charge is 2.35. The normalized spacial score (nSPS) is 17.0. The molecule has 0 saturated carbocycles. The minimum Gasteiger partial charge on any atom is -0.326 e. The Kier molecular flexibility index (Phi) is 4.50. The Labute approximate surface area is 159 Å². The fourth-order valence-electron chi connectivity index (χ4n) is 3.44. The Morgan fingerprint density at radius 3 is 2.92 bits per heavy atom. The molecule has 1 atom stereocenters. The van der Waals surface area contributed by atoms with Gasteiger partial charge in [0.05, 0.1) is 15.1 Å². The quantitative estimate of drug-likeness (QED) is 0.734. The highest BCUT2D eigenvalue weighted by Crippen LogP contribution is 2.30. The average Bonchev–Trinajstić information content (AvgIpc) is 3.34. The Hall–Kier alpha value is -2.25. The second-order valence-electron chi connectivity index (χ2n) is 6.57. The maximum absolute atomic E-state index is 12.8. The van der Waals surface area contributed by atoms with Crippen LogP contribution in [0.2, 0.25) is 0 Å². The summed E-state index contributed by atoms with van der Waals surface area (Å²) < 4.78 is 1.07. The van der Waals surface area contributed by atoms with Gasteiger partial charge in [-0.25, -0.2) is 4.98 Å². The zero-order chi connectivity index (χ0) is 18.3. The van der Waals surface area contributed by atoms with Crippen LogP contribution in [0.1, 0.15) is 33.6 Å². The smallest absolute Gasteiger partial charge is 0.264 e. The molecular weight excluding hydrogens is 366 g/mol. The van der Waals surface area contributed by atoms with E-state index in [-0.39, 0.29) is 11.8 Å². The summed E-state index contributed by atoms with van der Waals surface area (Å²) in [6.07, 6.45) is 1.53. The van der Waals surface area contributed by atoms with Gasteiger partial charge in [-0.2, -0.15) is 0 Å². The number of aromatic nitrogens is 1. The molecule has 1 saturated heterocycles. The molecule has 1 aromatic carbocycles. The Morgan fingerprint density at radius 1 is 1.31 bits per heavy atom. The summed E-state index contributed by atoms with van der Waals surface area (Å²) in [6.45, 7) is 4.70. The van der Waals surface area contributed by atoms with E-state index in [0.717, 1.165) is 22.2 Å². The molecule has 0 bridgehead atoms. The number of benzene rings is 1. The third kappa shape index (κ3) is 3.12. The standard InChI is InChI=1S/C19H19N3O2S2/c1-11-9-12(2)16-15(10-11)26-19(20-16)21-17(23)13-5-3-7-22(13)18(24)14-6-4-8-25-14/h4,6,8-10,13H,3,5,7H2,1-2H3,(H,20,21,23)/t13-/m0/s1. The second kappa shape index (κ2) is 6.81. The highest BCUT2D eigenvalue weighted by molar-refractivity contribution is 7.22. The number of amides is 2. The summed E-state index contributed by atoms with van der Waals surface area (Å²) in [5, 5.41) is 5.40. The number of nitrogens with one attached hydrogen (secondary N) is 1. The summed E-state index contributed by atoms with van der Waals surface area (Å²) in [7, 11) is 0. The first-order chi connectivity index (χ1) is 12.5. The van der Waals surface area contributed by atoms with Gasteiger partial charge in [0.1, 0.15) is 6.04 Å². The molecule has 7 heteroatoms. The monoisotopic (exact) mass is 385 g/mol. The molecule has 26 heavy (non-hydrogen) atoms. The lowest BCUT2D eigenvalue weighted by Gasteiger charge is -2.22. The van der Waals surface area contributed by atoms with Gasteiger partial charge < -0.3 is 10.2 Å². The zero-order valence-electron chi connectivity index (χ0n) is 14.6. The number of carbonyl (C=O) groups is 2. The fraction of sp³-hybridized carbons (Fsp3) is 0.316. The first kappa shape index (κ1) is 17.2. The van der Waals surface area contributed by atoms with Crippen LogP contribution in [-0.4, -0.2) is 34.3 Å². The SMILES string of the molecule is Cc1cc(C)c2nc(NC(=O)[C@@H]3CCCN3C(=O)c3cccs3)sc2c1. The van der Waals surface area contributed by atoms with Crippen molar-refractivity contribution in [1.82, 2.24) is 9.88 Å². The number of fused-ring (bicyclic) bond motifs is 1. The van der Waals surface area contributed by atoms with Crippen molar-refractivity contribution < 1.29 is 9.59 Å². The van der Waals surface area contributed by atoms with Crippen LogP contribution in [0.3, 0.4) is 0 Å². The van der Waals surface area contributed by atoms with Crippen molar-refractivity contribution in [3.05, 3.63) is 45.6 Å². The van der Waals surface area contributed by atoms with Gasteiger partial charge >= 0.3 is 0 Å². The molecule has 2 aromatic heterocycles. The molecule has 0 radical (unpaired) electrons. The lowest BCUT2D eigenvalue weighted by Crippen LogP contribution is -2.42. The largest absolute Gasteiger partial charge is 0.326 e. The van der Waals surface area contributed by atoms with E-state index in [0.29, 0.717) is 23.0 Å². The summed E-state index contributed by atoms with van der Waals surface area (Å²) in [5.74, 6) is -0.214. The molecule has 3 aromatic rings. The summed E-state index contributed by atoms with van der Waals surface area (Å²) in [4.78, 5) is 32.4. The fourth-order valence-corrected chi connectivity index (χ4v) is 5.16. The van der Waals surface area contributed by atoms with Crippen molar-refractivity contribution in [1.29, 1.82) is 0 Å². The van der Waals surface area contributed by atoms with E-state index in [9.17, 15) is 9.59 Å². The van der Waals surface area contributed by atoms with Crippen LogP contribution in [0.5, 0.6) is 0 Å². The minimum atomic E-state index is -0.431. The number of carbonyl (C=O) groups excluding carboxylic acids is 2. The number of anilines is 1. The third-order valence-corrected chi connectivity index (χ3v) is 6.38. The lowest BCUT2D eigenvalue weighted by molar-refractivity contribution is -0.119. The number of nitrogens with zero attached hydrogens (tertiary/aromatic N) is 2. The van der Waals surface area contributed by atoms with Crippen molar-refractivity contribution in [2.75, 3.05) is 11.9 Å². The number of likely N-dealkylation sites (tertiary alicyclic amines) is 1. The average molecular weight is 386 g/mol. The van der Waals surface area contributed by atoms with Gasteiger partial charge in [0.15, 0.2) is 5.13 Å². The molecule has 1 N–H and O–H groups in total. The number of rotatable bonds is 3. The molecule has 5 nitrogen and oxygen atoms in total. The minimum absolute atomic E-state index is 0.0616. The van der Waals surface area contributed by atoms with Crippen LogP contribution >= 0.6 is 22.7 Å². The van der Waals surface area contributed by atoms with Crippen LogP contribution < -0.4 is 5.32 Å². The van der Waals surface area contributed by atoms with Crippen LogP contribution in [0.25, 0.3) is 10.2 Å². The van der Waals surface area contributed by atoms with Gasteiger partial charge in [-0.1, -0.05) is 23.5 Å². The number of thiazole rings is 1. The maximum Gasteiger partial charge on any atom is 0.264 e. The van der Waals surface area contributed by atoms with Crippen molar-refractivity contribution in [3.63, 3.8) is 0 Å². The van der Waals surface area contributed by atoms with Crippen LogP contribution in [0.4, 0.5) is 5.13 Å². The molecule has 0 unspecified atom stereocenters. The second-order valence-corrected chi connectivity index (χ2v) is 8.55. The molecular formula is C19H19N3O2S2. The van der Waals surface area contributed by atoms with E-state index in [1.54, 1.807) is 11.0 Å². The van der Waals surface area contributed by atoms with Gasteiger partial charge in [0.2, 0.25) is 5.91 Å². The third-order valence-electron chi connectivity index (χ3n) is 4.61. The predicted octanol–water partition coefficient (Wildman–Crippen LogP) is 4.22. The summed E-state index contributed by atoms with van der Waals surface area (Å²) in [6, 6.07) is 7.40. The Balaban J connectivity index is 1.54. The van der Waals surface area contributed by atoms with Crippen molar-refractivity contribution >= 4 is 49.8 Å². The predicted molar refractivity (Wildman–Crippen MR) is 106 cm³/mol. The summed E-state index contributed by atoms with van der Waals surface area (Å²) in [5.41, 5.74) is 3.21. The zero-order valence-corrected chi connectivity index (χ0v) is 16.2. The summed E-state index contributed by atoms with van der Waals surface area (Å²) >= 11 is 2.88. The molecule has 0 aliphatic carbocycles. The molecule has 0 spiro atoms. The van der Waals surface area contributed by atoms with Crippen LogP contribution in [0.15, 0.2) is 29.6 Å². The molecule has 4 rings (SSSR count). The van der Waals surface area contributed by atoms with Gasteiger partial charge in [0.25, 0.3) is 5.91 Å². The van der Waals surface area contributed by atoms with E-state index in [2.05, 4.69) is 29.4 Å². The number of hydrogen-bond acceptors (Lipinski definition) is 5. The number of thiophene rings is 1. The van der Waals surface area contributed by atoms with Crippen molar-refractivity contribution in [2.45, 2.75) is 32.7 Å². The highest BCUT2D eigenvalue weighted by atomic mass is 32.1. The molecule has 1 fully saturated rings. The van der Waals surface area contributed by atoms with E-state index < -0.39 is 6.04 Å². The van der Waals surface area contributed by atoms with E-state index in [1.165, 1.54) is 28.2 Å². The number of aryl methyl sites for hydroxylation is 2. The molecule has 134 valence electrons. The van der Waals surface area contributed by atoms with Crippen molar-refractivity contribution in [3.8, 4) is 0 Å². The lowest BCUT2D eigenvalue weighted by atomic mass is 10.1. The van der Waals surface area contributed by atoms with E-state index in [1.807, 2.05) is 18.4 Å². The van der Waals surface area contributed by atoms with E-state index >= 15 is 0 Å². The van der Waals surface area contributed by atoms with E-state index in [4.69, 9.17) is 0 Å². The maximum atomic E-state index is 12.8. The Bertz CT molecular complexity index is 978. The van der Waals surface area contributed by atoms with Gasteiger partial charge in [-0.3, -0.25) is 9.59 Å². The number of hydrogen-bond donors (Lipinski definition) is 1. The molecule has 1 aliphatic heterocycles. The van der Waals surface area contributed by atoms with Crippen LogP contribution in [0, 0.1) is 13.8 Å². The molecule has 1 aliphatic rings. The van der Waals surface area contributed by atoms with Crippen LogP contribution in [-0.2, 0) is 4.79 Å². The molecule has 2 amide bonds. The van der Waals surface area contributed by atoms with Gasteiger partial charge in [-0.05, 0) is 55.3 Å². The topological polar surface area (TPSA) is 62.3 Å².